The average molecular weight is 477 g/mol. The maximum atomic E-state index is 15.0. The summed E-state index contributed by atoms with van der Waals surface area (Å²) < 4.78 is 60.6. The molecule has 0 N–H and O–H groups in total. The van der Waals surface area contributed by atoms with Crippen molar-refractivity contribution in [2.75, 3.05) is 13.3 Å². The first-order valence-corrected chi connectivity index (χ1v) is 13.0. The lowest BCUT2D eigenvalue weighted by molar-refractivity contribution is 0.156. The van der Waals surface area contributed by atoms with Crippen molar-refractivity contribution < 1.29 is 22.3 Å². The minimum atomic E-state index is -0.964. The number of halogens is 4. The van der Waals surface area contributed by atoms with Crippen LogP contribution in [-0.2, 0) is 0 Å². The van der Waals surface area contributed by atoms with Crippen molar-refractivity contribution in [1.29, 1.82) is 0 Å². The van der Waals surface area contributed by atoms with Crippen LogP contribution in [-0.4, -0.2) is 13.3 Å². The van der Waals surface area contributed by atoms with Crippen LogP contribution in [0.15, 0.2) is 30.3 Å². The summed E-state index contributed by atoms with van der Waals surface area (Å²) in [5.41, 5.74) is 1.22. The highest BCUT2D eigenvalue weighted by molar-refractivity contribution is 5.66. The van der Waals surface area contributed by atoms with Gasteiger partial charge in [0, 0.05) is 5.56 Å². The molecule has 186 valence electrons. The zero-order valence-corrected chi connectivity index (χ0v) is 20.1. The van der Waals surface area contributed by atoms with Gasteiger partial charge in [0.25, 0.3) is 0 Å². The first-order chi connectivity index (χ1) is 16.5. The lowest BCUT2D eigenvalue weighted by Crippen LogP contribution is -2.25. The number of benzene rings is 2. The third-order valence-electron chi connectivity index (χ3n) is 8.12. The molecule has 0 atom stereocenters. The standard InChI is InChI=1S/C29H36F4O/c1-2-3-19-4-6-20(7-5-19)21-8-10-22(11-9-21)23-12-13-25(26(31)16-23)24-17-27(32)29(28(33)18-24)34-15-14-30/h12-13,16-22H,2-11,14-15H2,1H3. The average Bonchev–Trinajstić information content (AvgIpc) is 2.84. The monoisotopic (exact) mass is 476 g/mol. The van der Waals surface area contributed by atoms with Gasteiger partial charge in [-0.25, -0.2) is 17.6 Å². The second kappa shape index (κ2) is 11.6. The molecule has 2 aliphatic carbocycles. The molecule has 0 amide bonds. The summed E-state index contributed by atoms with van der Waals surface area (Å²) in [5, 5.41) is 0. The summed E-state index contributed by atoms with van der Waals surface area (Å²) in [5.74, 6) is -0.120. The molecule has 0 unspecified atom stereocenters. The molecule has 0 aromatic heterocycles. The first-order valence-electron chi connectivity index (χ1n) is 13.0. The summed E-state index contributed by atoms with van der Waals surface area (Å²) in [6.07, 6.45) is 12.7. The molecular formula is C29H36F4O. The summed E-state index contributed by atoms with van der Waals surface area (Å²) in [6.45, 7) is 0.998. The van der Waals surface area contributed by atoms with Gasteiger partial charge in [-0.15, -0.1) is 0 Å². The Hall–Kier alpha value is -2.04. The zero-order valence-electron chi connectivity index (χ0n) is 20.1. The van der Waals surface area contributed by atoms with Gasteiger partial charge in [-0.3, -0.25) is 0 Å². The second-order valence-corrected chi connectivity index (χ2v) is 10.2. The van der Waals surface area contributed by atoms with Crippen LogP contribution < -0.4 is 4.74 Å². The van der Waals surface area contributed by atoms with E-state index < -0.39 is 36.5 Å². The van der Waals surface area contributed by atoms with Crippen molar-refractivity contribution in [1.82, 2.24) is 0 Å². The lowest BCUT2D eigenvalue weighted by Gasteiger charge is -2.38. The van der Waals surface area contributed by atoms with E-state index in [1.165, 1.54) is 57.4 Å². The highest BCUT2D eigenvalue weighted by atomic mass is 19.1. The van der Waals surface area contributed by atoms with E-state index in [2.05, 4.69) is 6.92 Å². The number of rotatable bonds is 8. The maximum Gasteiger partial charge on any atom is 0.190 e. The van der Waals surface area contributed by atoms with E-state index in [1.54, 1.807) is 6.07 Å². The molecule has 5 heteroatoms. The van der Waals surface area contributed by atoms with Crippen LogP contribution in [0.4, 0.5) is 17.6 Å². The Balaban J connectivity index is 1.38. The third kappa shape index (κ3) is 5.78. The topological polar surface area (TPSA) is 9.23 Å². The maximum absolute atomic E-state index is 15.0. The molecule has 2 aliphatic rings. The van der Waals surface area contributed by atoms with Gasteiger partial charge in [-0.2, -0.15) is 0 Å². The minimum absolute atomic E-state index is 0.106. The summed E-state index contributed by atoms with van der Waals surface area (Å²) in [4.78, 5) is 0. The molecule has 0 radical (unpaired) electrons. The van der Waals surface area contributed by atoms with Crippen molar-refractivity contribution in [2.45, 2.75) is 77.0 Å². The molecule has 34 heavy (non-hydrogen) atoms. The predicted molar refractivity (Wildman–Crippen MR) is 128 cm³/mol. The molecule has 1 nitrogen and oxygen atoms in total. The summed E-state index contributed by atoms with van der Waals surface area (Å²) >= 11 is 0. The molecule has 0 heterocycles. The molecular weight excluding hydrogens is 440 g/mol. The SMILES string of the molecule is CCCC1CCC(C2CCC(c3ccc(-c4cc(F)c(OCCF)c(F)c4)c(F)c3)CC2)CC1. The number of hydrogen-bond acceptors (Lipinski definition) is 1. The molecule has 2 aromatic rings. The molecule has 2 saturated carbocycles. The van der Waals surface area contributed by atoms with Crippen LogP contribution in [0.5, 0.6) is 5.75 Å². The normalized spacial score (nSPS) is 25.3. The first kappa shape index (κ1) is 25.1. The fraction of sp³-hybridized carbons (Fsp3) is 0.586. The van der Waals surface area contributed by atoms with Crippen molar-refractivity contribution >= 4 is 0 Å². The largest absolute Gasteiger partial charge is 0.485 e. The van der Waals surface area contributed by atoms with Gasteiger partial charge in [0.05, 0.1) is 0 Å². The van der Waals surface area contributed by atoms with E-state index in [0.717, 1.165) is 48.3 Å². The molecule has 0 bridgehead atoms. The van der Waals surface area contributed by atoms with Gasteiger partial charge in [-0.1, -0.05) is 44.7 Å². The Labute approximate surface area is 200 Å². The fourth-order valence-electron chi connectivity index (χ4n) is 6.29. The van der Waals surface area contributed by atoms with Gasteiger partial charge < -0.3 is 4.74 Å². The van der Waals surface area contributed by atoms with Gasteiger partial charge in [0.2, 0.25) is 0 Å². The van der Waals surface area contributed by atoms with E-state index in [4.69, 9.17) is 4.74 Å². The molecule has 2 aromatic carbocycles. The van der Waals surface area contributed by atoms with Crippen LogP contribution in [0.3, 0.4) is 0 Å². The second-order valence-electron chi connectivity index (χ2n) is 10.2. The Morgan fingerprint density at radius 1 is 0.794 bits per heavy atom. The van der Waals surface area contributed by atoms with E-state index in [9.17, 15) is 17.6 Å². The van der Waals surface area contributed by atoms with Crippen molar-refractivity contribution in [3.8, 4) is 16.9 Å². The van der Waals surface area contributed by atoms with Crippen molar-refractivity contribution in [3.63, 3.8) is 0 Å². The minimum Gasteiger partial charge on any atom is -0.485 e. The van der Waals surface area contributed by atoms with E-state index in [0.29, 0.717) is 5.92 Å². The Kier molecular flexibility index (Phi) is 8.55. The van der Waals surface area contributed by atoms with Gasteiger partial charge >= 0.3 is 0 Å². The van der Waals surface area contributed by atoms with Crippen LogP contribution in [0.2, 0.25) is 0 Å². The molecule has 0 saturated heterocycles. The molecule has 0 spiro atoms. The van der Waals surface area contributed by atoms with Crippen LogP contribution >= 0.6 is 0 Å². The fourth-order valence-corrected chi connectivity index (χ4v) is 6.29. The Morgan fingerprint density at radius 3 is 1.97 bits per heavy atom. The highest BCUT2D eigenvalue weighted by Crippen LogP contribution is 2.45. The third-order valence-corrected chi connectivity index (χ3v) is 8.12. The lowest BCUT2D eigenvalue weighted by atomic mass is 9.68. The van der Waals surface area contributed by atoms with Crippen molar-refractivity contribution in [2.24, 2.45) is 17.8 Å². The van der Waals surface area contributed by atoms with Gasteiger partial charge in [0.1, 0.15) is 19.1 Å². The van der Waals surface area contributed by atoms with Crippen LogP contribution in [0.25, 0.3) is 11.1 Å². The molecule has 4 rings (SSSR count). The van der Waals surface area contributed by atoms with Gasteiger partial charge in [-0.05, 0) is 91.5 Å². The van der Waals surface area contributed by atoms with E-state index >= 15 is 0 Å². The van der Waals surface area contributed by atoms with E-state index in [-0.39, 0.29) is 11.1 Å². The molecule has 2 fully saturated rings. The van der Waals surface area contributed by atoms with Crippen LogP contribution in [0, 0.1) is 35.2 Å². The summed E-state index contributed by atoms with van der Waals surface area (Å²) in [6, 6.07) is 7.11. The smallest absolute Gasteiger partial charge is 0.190 e. The highest BCUT2D eigenvalue weighted by Gasteiger charge is 2.31. The van der Waals surface area contributed by atoms with Crippen molar-refractivity contribution in [3.05, 3.63) is 53.3 Å². The Bertz CT molecular complexity index is 920. The number of hydrogen-bond donors (Lipinski definition) is 0. The number of ether oxygens (including phenoxy) is 1. The van der Waals surface area contributed by atoms with E-state index in [1.807, 2.05) is 6.07 Å². The summed E-state index contributed by atoms with van der Waals surface area (Å²) in [7, 11) is 0. The zero-order chi connectivity index (χ0) is 24.1. The van der Waals surface area contributed by atoms with Crippen LogP contribution in [0.1, 0.15) is 82.6 Å². The van der Waals surface area contributed by atoms with Gasteiger partial charge in [0.15, 0.2) is 17.4 Å². The quantitative estimate of drug-likeness (QED) is 0.345. The number of alkyl halides is 1. The molecule has 0 aliphatic heterocycles. The predicted octanol–water partition coefficient (Wildman–Crippen LogP) is 9.00. The Morgan fingerprint density at radius 2 is 1.41 bits per heavy atom.